The lowest BCUT2D eigenvalue weighted by Gasteiger charge is -2.02. The molecule has 23 heavy (non-hydrogen) atoms. The number of hydrogen-bond donors (Lipinski definition) is 1. The van der Waals surface area contributed by atoms with Crippen LogP contribution in [-0.2, 0) is 16.1 Å². The van der Waals surface area contributed by atoms with Crippen molar-refractivity contribution in [2.75, 3.05) is 13.7 Å². The van der Waals surface area contributed by atoms with E-state index >= 15 is 0 Å². The van der Waals surface area contributed by atoms with Crippen molar-refractivity contribution in [1.82, 2.24) is 4.98 Å². The third-order valence-electron chi connectivity index (χ3n) is 3.86. The third kappa shape index (κ3) is 3.17. The Hall–Kier alpha value is -2.08. The van der Waals surface area contributed by atoms with Gasteiger partial charge in [0, 0.05) is 29.8 Å². The van der Waals surface area contributed by atoms with Gasteiger partial charge in [-0.1, -0.05) is 0 Å². The minimum Gasteiger partial charge on any atom is -1.00 e. The maximum absolute atomic E-state index is 11.7. The van der Waals surface area contributed by atoms with Gasteiger partial charge < -0.3 is 31.4 Å². The Bertz CT molecular complexity index is 858. The highest BCUT2D eigenvalue weighted by molar-refractivity contribution is 6.07. The molecule has 3 aromatic rings. The van der Waals surface area contributed by atoms with E-state index in [4.69, 9.17) is 9.47 Å². The Labute approximate surface area is 145 Å². The molecule has 5 nitrogen and oxygen atoms in total. The summed E-state index contributed by atoms with van der Waals surface area (Å²) >= 11 is 0. The van der Waals surface area contributed by atoms with Gasteiger partial charge in [0.1, 0.15) is 11.3 Å². The minimum atomic E-state index is -0.229. The Morgan fingerprint density at radius 3 is 2.74 bits per heavy atom. The van der Waals surface area contributed by atoms with Crippen molar-refractivity contribution < 1.29 is 35.8 Å². The maximum atomic E-state index is 11.7. The first kappa shape index (κ1) is 17.3. The number of aryl methyl sites for hydroxylation is 1. The van der Waals surface area contributed by atoms with E-state index in [0.717, 1.165) is 33.2 Å². The van der Waals surface area contributed by atoms with Gasteiger partial charge in [0.05, 0.1) is 19.2 Å². The molecule has 2 heterocycles. The fourth-order valence-electron chi connectivity index (χ4n) is 2.72. The molecule has 0 saturated carbocycles. The predicted molar refractivity (Wildman–Crippen MR) is 83.9 cm³/mol. The second-order valence-corrected chi connectivity index (χ2v) is 5.16. The fourth-order valence-corrected chi connectivity index (χ4v) is 2.72. The number of rotatable bonds is 4. The number of halogens is 1. The van der Waals surface area contributed by atoms with Crippen LogP contribution in [0.5, 0.6) is 5.75 Å². The van der Waals surface area contributed by atoms with Crippen molar-refractivity contribution in [2.24, 2.45) is 0 Å². The van der Waals surface area contributed by atoms with E-state index < -0.39 is 0 Å². The summed E-state index contributed by atoms with van der Waals surface area (Å²) in [5.41, 5.74) is 3.04. The van der Waals surface area contributed by atoms with E-state index in [9.17, 15) is 4.79 Å². The van der Waals surface area contributed by atoms with Gasteiger partial charge in [0.15, 0.2) is 6.20 Å². The predicted octanol–water partition coefficient (Wildman–Crippen LogP) is -0.507. The Morgan fingerprint density at radius 2 is 2.04 bits per heavy atom. The van der Waals surface area contributed by atoms with Crippen LogP contribution in [0, 0.1) is 6.92 Å². The zero-order valence-electron chi connectivity index (χ0n) is 13.4. The van der Waals surface area contributed by atoms with Gasteiger partial charge in [-0.3, -0.25) is 0 Å². The average Bonchev–Trinajstić information content (AvgIpc) is 2.88. The van der Waals surface area contributed by atoms with E-state index in [0.29, 0.717) is 6.61 Å². The van der Waals surface area contributed by atoms with E-state index in [1.165, 1.54) is 0 Å². The van der Waals surface area contributed by atoms with Gasteiger partial charge in [0.25, 0.3) is 0 Å². The number of ether oxygens (including phenoxy) is 2. The van der Waals surface area contributed by atoms with Gasteiger partial charge in [-0.15, -0.1) is 0 Å². The van der Waals surface area contributed by atoms with Gasteiger partial charge in [-0.05, 0) is 19.1 Å². The molecule has 0 amide bonds. The highest BCUT2D eigenvalue weighted by atomic mass is 79.9. The van der Waals surface area contributed by atoms with Crippen LogP contribution in [-0.4, -0.2) is 24.7 Å². The topological polar surface area (TPSA) is 55.2 Å². The molecule has 1 N–H and O–H groups in total. The summed E-state index contributed by atoms with van der Waals surface area (Å²) in [6.45, 7) is 4.42. The van der Waals surface area contributed by atoms with Crippen molar-refractivity contribution in [2.45, 2.75) is 20.4 Å². The number of nitrogens with one attached hydrogen (secondary N) is 1. The van der Waals surface area contributed by atoms with Crippen LogP contribution < -0.4 is 26.3 Å². The smallest absolute Gasteiger partial charge is 0.372 e. The second-order valence-electron chi connectivity index (χ2n) is 5.16. The van der Waals surface area contributed by atoms with Crippen molar-refractivity contribution in [3.63, 3.8) is 0 Å². The molecule has 0 radical (unpaired) electrons. The number of aromatic nitrogens is 2. The molecule has 0 fully saturated rings. The number of fused-ring (bicyclic) bond motifs is 3. The van der Waals surface area contributed by atoms with E-state index in [1.807, 2.05) is 48.9 Å². The molecule has 3 rings (SSSR count). The van der Waals surface area contributed by atoms with E-state index in [2.05, 4.69) is 4.98 Å². The standard InChI is InChI=1S/C17H18N2O3.BrH/c1-4-22-16(20)10-19-8-7-14-13-6-5-12(21-3)9-15(13)18-17(14)11(19)2;/h5-9H,4,10H2,1-3H3;1H. The van der Waals surface area contributed by atoms with Crippen LogP contribution in [0.15, 0.2) is 30.5 Å². The number of pyridine rings is 1. The Balaban J connectivity index is 0.00000192. The molecule has 0 spiro atoms. The molecule has 2 aromatic heterocycles. The number of H-pyrrole nitrogens is 1. The number of esters is 1. The van der Waals surface area contributed by atoms with Crippen LogP contribution in [0.2, 0.25) is 0 Å². The average molecular weight is 379 g/mol. The number of nitrogens with zero attached hydrogens (tertiary/aromatic N) is 1. The molecule has 0 aliphatic carbocycles. The SMILES string of the molecule is CCOC(=O)C[n+]1ccc2c([nH]c3cc(OC)ccc32)c1C.[Br-]. The zero-order valence-corrected chi connectivity index (χ0v) is 14.9. The quantitative estimate of drug-likeness (QED) is 0.491. The molecule has 0 saturated heterocycles. The monoisotopic (exact) mass is 378 g/mol. The van der Waals surface area contributed by atoms with Crippen LogP contribution in [0.1, 0.15) is 12.6 Å². The number of benzene rings is 1. The molecule has 122 valence electrons. The summed E-state index contributed by atoms with van der Waals surface area (Å²) < 4.78 is 12.2. The van der Waals surface area contributed by atoms with Gasteiger partial charge >= 0.3 is 5.97 Å². The highest BCUT2D eigenvalue weighted by Crippen LogP contribution is 2.28. The summed E-state index contributed by atoms with van der Waals surface area (Å²) in [7, 11) is 1.66. The van der Waals surface area contributed by atoms with E-state index in [1.54, 1.807) is 7.11 Å². The third-order valence-corrected chi connectivity index (χ3v) is 3.86. The fraction of sp³-hybridized carbons (Fsp3) is 0.294. The number of aromatic amines is 1. The number of hydrogen-bond acceptors (Lipinski definition) is 3. The number of methoxy groups -OCH3 is 1. The lowest BCUT2D eigenvalue weighted by atomic mass is 10.1. The van der Waals surface area contributed by atoms with Gasteiger partial charge in [-0.2, -0.15) is 4.57 Å². The van der Waals surface area contributed by atoms with Gasteiger partial charge in [-0.25, -0.2) is 4.79 Å². The molecular formula is C17H19BrN2O3. The summed E-state index contributed by atoms with van der Waals surface area (Å²) in [5.74, 6) is 0.587. The minimum absolute atomic E-state index is 0. The van der Waals surface area contributed by atoms with Crippen molar-refractivity contribution in [1.29, 1.82) is 0 Å². The van der Waals surface area contributed by atoms with E-state index in [-0.39, 0.29) is 29.5 Å². The van der Waals surface area contributed by atoms with Crippen LogP contribution in [0.3, 0.4) is 0 Å². The molecule has 6 heteroatoms. The first-order valence-electron chi connectivity index (χ1n) is 7.28. The second kappa shape index (κ2) is 7.00. The van der Waals surface area contributed by atoms with Crippen molar-refractivity contribution >= 4 is 27.8 Å². The summed E-state index contributed by atoms with van der Waals surface area (Å²) in [4.78, 5) is 15.1. The molecule has 0 aliphatic heterocycles. The Kier molecular flexibility index (Phi) is 5.26. The first-order chi connectivity index (χ1) is 10.6. The van der Waals surface area contributed by atoms with Crippen LogP contribution in [0.4, 0.5) is 0 Å². The molecule has 0 bridgehead atoms. The van der Waals surface area contributed by atoms with Gasteiger partial charge in [0.2, 0.25) is 12.2 Å². The van der Waals surface area contributed by atoms with Crippen LogP contribution >= 0.6 is 0 Å². The molecular weight excluding hydrogens is 360 g/mol. The lowest BCUT2D eigenvalue weighted by molar-refractivity contribution is -0.690. The molecule has 1 aromatic carbocycles. The Morgan fingerprint density at radius 1 is 1.26 bits per heavy atom. The summed E-state index contributed by atoms with van der Waals surface area (Å²) in [6, 6.07) is 7.99. The first-order valence-corrected chi connectivity index (χ1v) is 7.28. The molecule has 0 atom stereocenters. The lowest BCUT2D eigenvalue weighted by Crippen LogP contribution is -3.00. The number of carbonyl (C=O) groups excluding carboxylic acids is 1. The number of carbonyl (C=O) groups is 1. The highest BCUT2D eigenvalue weighted by Gasteiger charge is 2.18. The largest absolute Gasteiger partial charge is 1.00 e. The summed E-state index contributed by atoms with van der Waals surface area (Å²) in [5, 5.41) is 2.28. The zero-order chi connectivity index (χ0) is 15.7. The normalized spacial score (nSPS) is 10.6. The van der Waals surface area contributed by atoms with Crippen molar-refractivity contribution in [3.8, 4) is 5.75 Å². The molecule has 0 unspecified atom stereocenters. The maximum Gasteiger partial charge on any atom is 0.372 e. The van der Waals surface area contributed by atoms with Crippen LogP contribution in [0.25, 0.3) is 21.8 Å². The molecule has 0 aliphatic rings. The summed E-state index contributed by atoms with van der Waals surface area (Å²) in [6.07, 6.45) is 1.92. The van der Waals surface area contributed by atoms with Crippen molar-refractivity contribution in [3.05, 3.63) is 36.2 Å².